The van der Waals surface area contributed by atoms with E-state index in [-0.39, 0.29) is 5.82 Å². The van der Waals surface area contributed by atoms with Crippen molar-refractivity contribution in [1.82, 2.24) is 0 Å². The highest BCUT2D eigenvalue weighted by atomic mass is 19.1. The fourth-order valence-electron chi connectivity index (χ4n) is 2.62. The molecule has 0 saturated heterocycles. The van der Waals surface area contributed by atoms with Gasteiger partial charge in [0, 0.05) is 5.56 Å². The van der Waals surface area contributed by atoms with Gasteiger partial charge in [-0.15, -0.1) is 0 Å². The summed E-state index contributed by atoms with van der Waals surface area (Å²) in [6.45, 7) is 4.13. The van der Waals surface area contributed by atoms with Crippen molar-refractivity contribution < 1.29 is 4.39 Å². The SMILES string of the molecule is CCc1ccc(/C=N/N=C/c2ccc(-c3ccc(C)cc3)c(F)c2)cc1. The van der Waals surface area contributed by atoms with Crippen molar-refractivity contribution in [1.29, 1.82) is 0 Å². The molecule has 26 heavy (non-hydrogen) atoms. The van der Waals surface area contributed by atoms with E-state index in [1.807, 2.05) is 49.4 Å². The first-order chi connectivity index (χ1) is 12.7. The van der Waals surface area contributed by atoms with Crippen LogP contribution in [-0.2, 0) is 6.42 Å². The molecule has 0 aliphatic heterocycles. The lowest BCUT2D eigenvalue weighted by Crippen LogP contribution is -1.89. The predicted octanol–water partition coefficient (Wildman–Crippen LogP) is 5.82. The second-order valence-electron chi connectivity index (χ2n) is 6.19. The maximum absolute atomic E-state index is 14.4. The number of benzene rings is 3. The lowest BCUT2D eigenvalue weighted by atomic mass is 10.0. The quantitative estimate of drug-likeness (QED) is 0.412. The van der Waals surface area contributed by atoms with E-state index in [1.54, 1.807) is 18.5 Å². The van der Waals surface area contributed by atoms with Crippen LogP contribution in [-0.4, -0.2) is 12.4 Å². The zero-order valence-corrected chi connectivity index (χ0v) is 15.0. The van der Waals surface area contributed by atoms with Gasteiger partial charge in [-0.3, -0.25) is 0 Å². The van der Waals surface area contributed by atoms with E-state index in [4.69, 9.17) is 0 Å². The highest BCUT2D eigenvalue weighted by Crippen LogP contribution is 2.23. The fourth-order valence-corrected chi connectivity index (χ4v) is 2.62. The molecule has 3 heteroatoms. The molecule has 3 rings (SSSR count). The molecule has 0 aliphatic rings. The maximum atomic E-state index is 14.4. The molecule has 2 nitrogen and oxygen atoms in total. The number of rotatable bonds is 5. The van der Waals surface area contributed by atoms with Crippen molar-refractivity contribution in [2.75, 3.05) is 0 Å². The maximum Gasteiger partial charge on any atom is 0.131 e. The zero-order chi connectivity index (χ0) is 18.4. The first-order valence-electron chi connectivity index (χ1n) is 8.67. The lowest BCUT2D eigenvalue weighted by molar-refractivity contribution is 0.631. The van der Waals surface area contributed by atoms with Gasteiger partial charge in [-0.2, -0.15) is 10.2 Å². The van der Waals surface area contributed by atoms with Crippen molar-refractivity contribution in [2.24, 2.45) is 10.2 Å². The smallest absolute Gasteiger partial charge is 0.131 e. The van der Waals surface area contributed by atoms with E-state index in [9.17, 15) is 4.39 Å². The first-order valence-corrected chi connectivity index (χ1v) is 8.67. The molecule has 0 radical (unpaired) electrons. The minimum atomic E-state index is -0.267. The van der Waals surface area contributed by atoms with Crippen LogP contribution in [0.3, 0.4) is 0 Å². The Bertz CT molecular complexity index is 923. The van der Waals surface area contributed by atoms with Crippen LogP contribution in [0.1, 0.15) is 29.2 Å². The Kier molecular flexibility index (Phi) is 5.69. The molecule has 3 aromatic carbocycles. The third-order valence-corrected chi connectivity index (χ3v) is 4.22. The highest BCUT2D eigenvalue weighted by Gasteiger charge is 2.05. The average molecular weight is 344 g/mol. The van der Waals surface area contributed by atoms with E-state index >= 15 is 0 Å². The molecule has 0 unspecified atom stereocenters. The van der Waals surface area contributed by atoms with Crippen molar-refractivity contribution in [3.8, 4) is 11.1 Å². The second-order valence-corrected chi connectivity index (χ2v) is 6.19. The Morgan fingerprint density at radius 2 is 1.42 bits per heavy atom. The monoisotopic (exact) mass is 344 g/mol. The van der Waals surface area contributed by atoms with E-state index in [2.05, 4.69) is 29.3 Å². The molecule has 0 N–H and O–H groups in total. The third kappa shape index (κ3) is 4.51. The van der Waals surface area contributed by atoms with Crippen LogP contribution in [0, 0.1) is 12.7 Å². The molecule has 0 aromatic heterocycles. The van der Waals surface area contributed by atoms with Gasteiger partial charge >= 0.3 is 0 Å². The Morgan fingerprint density at radius 3 is 2.04 bits per heavy atom. The minimum Gasteiger partial charge on any atom is -0.206 e. The average Bonchev–Trinajstić information content (AvgIpc) is 2.67. The molecular formula is C23H21FN2. The molecule has 0 amide bonds. The molecule has 0 aliphatic carbocycles. The van der Waals surface area contributed by atoms with Gasteiger partial charge < -0.3 is 0 Å². The number of halogens is 1. The van der Waals surface area contributed by atoms with Crippen molar-refractivity contribution >= 4 is 12.4 Å². The normalized spacial score (nSPS) is 11.5. The van der Waals surface area contributed by atoms with E-state index in [0.717, 1.165) is 23.1 Å². The molecule has 0 bridgehead atoms. The lowest BCUT2D eigenvalue weighted by Gasteiger charge is -2.04. The van der Waals surface area contributed by atoms with E-state index in [0.29, 0.717) is 11.1 Å². The summed E-state index contributed by atoms with van der Waals surface area (Å²) in [6, 6.07) is 21.1. The molecule has 0 saturated carbocycles. The molecule has 0 fully saturated rings. The van der Waals surface area contributed by atoms with Crippen molar-refractivity contribution in [2.45, 2.75) is 20.3 Å². The number of hydrogen-bond donors (Lipinski definition) is 0. The predicted molar refractivity (Wildman–Crippen MR) is 108 cm³/mol. The van der Waals surface area contributed by atoms with Crippen LogP contribution in [0.25, 0.3) is 11.1 Å². The molecule has 130 valence electrons. The minimum absolute atomic E-state index is 0.267. The molecular weight excluding hydrogens is 323 g/mol. The summed E-state index contributed by atoms with van der Waals surface area (Å²) in [5, 5.41) is 8.05. The standard InChI is InChI=1S/C23H21FN2/c1-3-18-6-8-19(9-7-18)15-25-26-16-20-10-13-22(23(24)14-20)21-11-4-17(2)5-12-21/h4-16H,3H2,1-2H3/b25-15+,26-16+. The van der Waals surface area contributed by atoms with E-state index in [1.165, 1.54) is 11.6 Å². The number of nitrogens with zero attached hydrogens (tertiary/aromatic N) is 2. The van der Waals surface area contributed by atoms with E-state index < -0.39 is 0 Å². The van der Waals surface area contributed by atoms with Gasteiger partial charge in [0.25, 0.3) is 0 Å². The summed E-state index contributed by atoms with van der Waals surface area (Å²) in [5.41, 5.74) is 5.55. The van der Waals surface area contributed by atoms with Crippen LogP contribution < -0.4 is 0 Å². The van der Waals surface area contributed by atoms with Crippen LogP contribution >= 0.6 is 0 Å². The summed E-state index contributed by atoms with van der Waals surface area (Å²) in [7, 11) is 0. The largest absolute Gasteiger partial charge is 0.206 e. The number of aryl methyl sites for hydroxylation is 2. The summed E-state index contributed by atoms with van der Waals surface area (Å²) in [6.07, 6.45) is 4.26. The van der Waals surface area contributed by atoms with Gasteiger partial charge in [-0.1, -0.05) is 73.2 Å². The van der Waals surface area contributed by atoms with Crippen LogP contribution in [0.5, 0.6) is 0 Å². The van der Waals surface area contributed by atoms with Gasteiger partial charge in [-0.25, -0.2) is 4.39 Å². The molecule has 0 atom stereocenters. The molecule has 0 heterocycles. The fraction of sp³-hybridized carbons (Fsp3) is 0.130. The van der Waals surface area contributed by atoms with Crippen LogP contribution in [0.4, 0.5) is 4.39 Å². The van der Waals surface area contributed by atoms with Gasteiger partial charge in [0.15, 0.2) is 0 Å². The first kappa shape index (κ1) is 17.7. The summed E-state index contributed by atoms with van der Waals surface area (Å²) in [4.78, 5) is 0. The Labute approximate surface area is 153 Å². The highest BCUT2D eigenvalue weighted by molar-refractivity contribution is 5.83. The van der Waals surface area contributed by atoms with Gasteiger partial charge in [0.2, 0.25) is 0 Å². The van der Waals surface area contributed by atoms with Crippen LogP contribution in [0.15, 0.2) is 76.9 Å². The third-order valence-electron chi connectivity index (χ3n) is 4.22. The summed E-state index contributed by atoms with van der Waals surface area (Å²) in [5.74, 6) is -0.267. The molecule has 0 spiro atoms. The summed E-state index contributed by atoms with van der Waals surface area (Å²) < 4.78 is 14.4. The van der Waals surface area contributed by atoms with Gasteiger partial charge in [0.1, 0.15) is 5.82 Å². The molecule has 3 aromatic rings. The Morgan fingerprint density at radius 1 is 0.808 bits per heavy atom. The van der Waals surface area contributed by atoms with Crippen molar-refractivity contribution in [3.05, 3.63) is 94.8 Å². The summed E-state index contributed by atoms with van der Waals surface area (Å²) >= 11 is 0. The Balaban J connectivity index is 1.69. The van der Waals surface area contributed by atoms with Gasteiger partial charge in [0.05, 0.1) is 12.4 Å². The number of hydrogen-bond acceptors (Lipinski definition) is 2. The zero-order valence-electron chi connectivity index (χ0n) is 15.0. The van der Waals surface area contributed by atoms with Crippen LogP contribution in [0.2, 0.25) is 0 Å². The Hall–Kier alpha value is -3.07. The van der Waals surface area contributed by atoms with Gasteiger partial charge in [-0.05, 0) is 41.7 Å². The second kappa shape index (κ2) is 8.34. The van der Waals surface area contributed by atoms with Crippen molar-refractivity contribution in [3.63, 3.8) is 0 Å². The topological polar surface area (TPSA) is 24.7 Å².